The summed E-state index contributed by atoms with van der Waals surface area (Å²) in [7, 11) is 0. The van der Waals surface area contributed by atoms with Crippen LogP contribution in [0.2, 0.25) is 0 Å². The van der Waals surface area contributed by atoms with Gasteiger partial charge in [0.2, 0.25) is 0 Å². The summed E-state index contributed by atoms with van der Waals surface area (Å²) in [6, 6.07) is 0.739. The zero-order valence-corrected chi connectivity index (χ0v) is 8.79. The maximum atomic E-state index is 10.3. The summed E-state index contributed by atoms with van der Waals surface area (Å²) in [5, 5.41) is 8.46. The standard InChI is InChI=1S/C7H9N3O2.2ClH/c8-5(7(11)12)4-6-9-2-1-3-10-6;;/h1-3,5H,4,8H2,(H,11,12);2*1H. The smallest absolute Gasteiger partial charge is 0.320 e. The van der Waals surface area contributed by atoms with Crippen LogP contribution in [0.4, 0.5) is 0 Å². The van der Waals surface area contributed by atoms with Gasteiger partial charge in [0.05, 0.1) is 0 Å². The second-order valence-electron chi connectivity index (χ2n) is 2.31. The maximum Gasteiger partial charge on any atom is 0.320 e. The first kappa shape index (κ1) is 15.6. The van der Waals surface area contributed by atoms with E-state index in [2.05, 4.69) is 9.97 Å². The van der Waals surface area contributed by atoms with Crippen LogP contribution in [-0.2, 0) is 11.2 Å². The largest absolute Gasteiger partial charge is 0.480 e. The summed E-state index contributed by atoms with van der Waals surface area (Å²) in [5.74, 6) is -0.588. The van der Waals surface area contributed by atoms with Crippen LogP contribution < -0.4 is 5.73 Å². The summed E-state index contributed by atoms with van der Waals surface area (Å²) >= 11 is 0. The molecule has 7 heteroatoms. The van der Waals surface area contributed by atoms with Crippen molar-refractivity contribution in [2.45, 2.75) is 12.5 Å². The van der Waals surface area contributed by atoms with Crippen LogP contribution >= 0.6 is 24.8 Å². The molecule has 0 aliphatic heterocycles. The monoisotopic (exact) mass is 239 g/mol. The van der Waals surface area contributed by atoms with Crippen molar-refractivity contribution in [3.8, 4) is 0 Å². The zero-order valence-electron chi connectivity index (χ0n) is 7.16. The average molecular weight is 240 g/mol. The minimum Gasteiger partial charge on any atom is -0.480 e. The number of aromatic nitrogens is 2. The number of carboxylic acid groups (broad SMARTS) is 1. The number of carboxylic acids is 1. The van der Waals surface area contributed by atoms with Crippen LogP contribution in [0.25, 0.3) is 0 Å². The van der Waals surface area contributed by atoms with Gasteiger partial charge in [-0.2, -0.15) is 0 Å². The van der Waals surface area contributed by atoms with Gasteiger partial charge in [-0.15, -0.1) is 24.8 Å². The van der Waals surface area contributed by atoms with Crippen molar-refractivity contribution in [1.29, 1.82) is 0 Å². The molecule has 0 bridgehead atoms. The minimum atomic E-state index is -1.04. The Kier molecular flexibility index (Phi) is 8.32. The summed E-state index contributed by atoms with van der Waals surface area (Å²) in [6.45, 7) is 0. The molecule has 0 fully saturated rings. The first-order valence-electron chi connectivity index (χ1n) is 3.44. The lowest BCUT2D eigenvalue weighted by atomic mass is 10.2. The predicted octanol–water partition coefficient (Wildman–Crippen LogP) is 0.275. The molecule has 1 rings (SSSR count). The lowest BCUT2D eigenvalue weighted by Crippen LogP contribution is -2.32. The average Bonchev–Trinajstić information content (AvgIpc) is 2.06. The molecule has 1 unspecified atom stereocenters. The first-order chi connectivity index (χ1) is 5.70. The summed E-state index contributed by atoms with van der Waals surface area (Å²) in [4.78, 5) is 18.0. The first-order valence-corrected chi connectivity index (χ1v) is 3.44. The molecule has 0 radical (unpaired) electrons. The molecule has 1 aromatic rings. The van der Waals surface area contributed by atoms with Crippen molar-refractivity contribution in [2.75, 3.05) is 0 Å². The molecule has 0 saturated heterocycles. The van der Waals surface area contributed by atoms with Gasteiger partial charge in [0.15, 0.2) is 0 Å². The van der Waals surface area contributed by atoms with Crippen LogP contribution in [0.3, 0.4) is 0 Å². The highest BCUT2D eigenvalue weighted by molar-refractivity contribution is 5.85. The van der Waals surface area contributed by atoms with E-state index in [0.717, 1.165) is 0 Å². The molecule has 3 N–H and O–H groups in total. The van der Waals surface area contributed by atoms with E-state index in [0.29, 0.717) is 5.82 Å². The molecule has 1 aromatic heterocycles. The lowest BCUT2D eigenvalue weighted by molar-refractivity contribution is -0.138. The molecule has 0 aromatic carbocycles. The zero-order chi connectivity index (χ0) is 8.97. The van der Waals surface area contributed by atoms with Gasteiger partial charge in [0, 0.05) is 18.8 Å². The topological polar surface area (TPSA) is 89.1 Å². The quantitative estimate of drug-likeness (QED) is 0.791. The van der Waals surface area contributed by atoms with Gasteiger partial charge in [0.1, 0.15) is 11.9 Å². The van der Waals surface area contributed by atoms with Crippen LogP contribution in [0, 0.1) is 0 Å². The number of hydrogen-bond donors (Lipinski definition) is 2. The van der Waals surface area contributed by atoms with E-state index in [1.807, 2.05) is 0 Å². The second kappa shape index (κ2) is 7.49. The van der Waals surface area contributed by atoms with Crippen LogP contribution in [0.1, 0.15) is 5.82 Å². The van der Waals surface area contributed by atoms with E-state index in [1.165, 1.54) is 0 Å². The molecule has 80 valence electrons. The van der Waals surface area contributed by atoms with Crippen LogP contribution in [-0.4, -0.2) is 27.1 Å². The fourth-order valence-corrected chi connectivity index (χ4v) is 0.719. The van der Waals surface area contributed by atoms with Crippen molar-refractivity contribution >= 4 is 30.8 Å². The fraction of sp³-hybridized carbons (Fsp3) is 0.286. The van der Waals surface area contributed by atoms with E-state index in [9.17, 15) is 4.79 Å². The number of nitrogens with zero attached hydrogens (tertiary/aromatic N) is 2. The molecular weight excluding hydrogens is 229 g/mol. The molecule has 0 amide bonds. The fourth-order valence-electron chi connectivity index (χ4n) is 0.719. The third kappa shape index (κ3) is 4.96. The highest BCUT2D eigenvalue weighted by Gasteiger charge is 2.12. The molecule has 14 heavy (non-hydrogen) atoms. The summed E-state index contributed by atoms with van der Waals surface area (Å²) in [5.41, 5.74) is 5.27. The molecule has 1 atom stereocenters. The number of rotatable bonds is 3. The second-order valence-corrected chi connectivity index (χ2v) is 2.31. The van der Waals surface area contributed by atoms with Gasteiger partial charge in [-0.05, 0) is 6.07 Å². The molecule has 1 heterocycles. The van der Waals surface area contributed by atoms with E-state index in [1.54, 1.807) is 18.5 Å². The Morgan fingerprint density at radius 2 is 1.93 bits per heavy atom. The van der Waals surface area contributed by atoms with Crippen molar-refractivity contribution in [2.24, 2.45) is 5.73 Å². The molecule has 5 nitrogen and oxygen atoms in total. The van der Waals surface area contributed by atoms with E-state index >= 15 is 0 Å². The maximum absolute atomic E-state index is 10.3. The Morgan fingerprint density at radius 3 is 2.36 bits per heavy atom. The van der Waals surface area contributed by atoms with Crippen molar-refractivity contribution in [3.05, 3.63) is 24.3 Å². The number of carbonyl (C=O) groups is 1. The van der Waals surface area contributed by atoms with E-state index in [-0.39, 0.29) is 31.2 Å². The third-order valence-corrected chi connectivity index (χ3v) is 1.34. The van der Waals surface area contributed by atoms with Crippen LogP contribution in [0.5, 0.6) is 0 Å². The Labute approximate surface area is 93.6 Å². The number of aliphatic carboxylic acids is 1. The SMILES string of the molecule is Cl.Cl.NC(Cc1ncccn1)C(=O)O. The molecule has 0 spiro atoms. The van der Waals surface area contributed by atoms with Gasteiger partial charge in [0.25, 0.3) is 0 Å². The Hall–Kier alpha value is -0.910. The van der Waals surface area contributed by atoms with Gasteiger partial charge >= 0.3 is 5.97 Å². The van der Waals surface area contributed by atoms with Crippen LogP contribution in [0.15, 0.2) is 18.5 Å². The molecule has 0 aliphatic carbocycles. The number of nitrogens with two attached hydrogens (primary N) is 1. The molecular formula is C7H11Cl2N3O2. The van der Waals surface area contributed by atoms with Crippen molar-refractivity contribution in [1.82, 2.24) is 9.97 Å². The molecule has 0 aliphatic rings. The third-order valence-electron chi connectivity index (χ3n) is 1.34. The Morgan fingerprint density at radius 1 is 1.43 bits per heavy atom. The van der Waals surface area contributed by atoms with Gasteiger partial charge in [-0.1, -0.05) is 0 Å². The summed E-state index contributed by atoms with van der Waals surface area (Å²) in [6.07, 6.45) is 3.27. The van der Waals surface area contributed by atoms with Crippen molar-refractivity contribution < 1.29 is 9.90 Å². The van der Waals surface area contributed by atoms with Gasteiger partial charge in [-0.3, -0.25) is 4.79 Å². The number of halogens is 2. The normalized spacial score (nSPS) is 10.6. The lowest BCUT2D eigenvalue weighted by Gasteiger charge is -2.03. The van der Waals surface area contributed by atoms with Gasteiger partial charge < -0.3 is 10.8 Å². The van der Waals surface area contributed by atoms with Crippen molar-refractivity contribution in [3.63, 3.8) is 0 Å². The molecule has 0 saturated carbocycles. The minimum absolute atomic E-state index is 0. The van der Waals surface area contributed by atoms with E-state index < -0.39 is 12.0 Å². The predicted molar refractivity (Wildman–Crippen MR) is 55.8 cm³/mol. The Bertz CT molecular complexity index is 271. The van der Waals surface area contributed by atoms with Gasteiger partial charge in [-0.25, -0.2) is 9.97 Å². The highest BCUT2D eigenvalue weighted by atomic mass is 35.5. The summed E-state index contributed by atoms with van der Waals surface area (Å²) < 4.78 is 0. The Balaban J connectivity index is 0. The highest BCUT2D eigenvalue weighted by Crippen LogP contribution is 1.92. The van der Waals surface area contributed by atoms with E-state index in [4.69, 9.17) is 10.8 Å². The number of hydrogen-bond acceptors (Lipinski definition) is 4.